The summed E-state index contributed by atoms with van der Waals surface area (Å²) in [6, 6.07) is 13.4. The van der Waals surface area contributed by atoms with Crippen LogP contribution in [0.4, 0.5) is 0 Å². The fourth-order valence-corrected chi connectivity index (χ4v) is 3.79. The van der Waals surface area contributed by atoms with Crippen molar-refractivity contribution < 1.29 is 0 Å². The number of hydrogen-bond acceptors (Lipinski definition) is 0. The van der Waals surface area contributed by atoms with Gasteiger partial charge in [0.1, 0.15) is 0 Å². The van der Waals surface area contributed by atoms with Gasteiger partial charge in [0.2, 0.25) is 0 Å². The Labute approximate surface area is 83.0 Å². The number of hydrogen-bond donors (Lipinski definition) is 0. The molecule has 0 saturated carbocycles. The molecule has 0 heterocycles. The quantitative estimate of drug-likeness (QED) is 0.641. The molecule has 0 aliphatic carbocycles. The van der Waals surface area contributed by atoms with Gasteiger partial charge in [-0.25, -0.2) is 0 Å². The second kappa shape index (κ2) is 4.61. The van der Waals surface area contributed by atoms with Crippen LogP contribution in [0, 0.1) is 6.04 Å². The molecule has 1 heteroatoms. The zero-order valence-electron chi connectivity index (χ0n) is 8.88. The van der Waals surface area contributed by atoms with Crippen molar-refractivity contribution >= 4 is 13.3 Å². The van der Waals surface area contributed by atoms with Gasteiger partial charge in [0.25, 0.3) is 0 Å². The Bertz CT molecular complexity index is 239. The average Bonchev–Trinajstić information content (AvgIpc) is 2.16. The van der Waals surface area contributed by atoms with Gasteiger partial charge in [-0.15, -0.1) is 0 Å². The molecule has 0 spiro atoms. The Morgan fingerprint density at radius 2 is 1.77 bits per heavy atom. The first-order valence-electron chi connectivity index (χ1n) is 5.06. The molecule has 0 saturated heterocycles. The van der Waals surface area contributed by atoms with E-state index in [-0.39, 0.29) is 0 Å². The third-order valence-corrected chi connectivity index (χ3v) is 5.59. The Morgan fingerprint density at radius 1 is 1.15 bits per heavy atom. The summed E-state index contributed by atoms with van der Waals surface area (Å²) in [6.45, 7) is 7.07. The zero-order valence-corrected chi connectivity index (χ0v) is 9.88. The molecular formula is C12H19Si. The summed E-state index contributed by atoms with van der Waals surface area (Å²) >= 11 is 0. The van der Waals surface area contributed by atoms with Crippen LogP contribution in [0.3, 0.4) is 0 Å². The fourth-order valence-electron chi connectivity index (χ4n) is 1.49. The van der Waals surface area contributed by atoms with Gasteiger partial charge in [-0.2, -0.15) is 0 Å². The van der Waals surface area contributed by atoms with Crippen LogP contribution in [0.5, 0.6) is 0 Å². The van der Waals surface area contributed by atoms with E-state index in [0.29, 0.717) is 0 Å². The van der Waals surface area contributed by atoms with Crippen LogP contribution in [0.15, 0.2) is 30.3 Å². The van der Waals surface area contributed by atoms with E-state index >= 15 is 0 Å². The second-order valence-electron chi connectivity index (χ2n) is 4.08. The number of benzene rings is 1. The molecule has 0 aliphatic rings. The summed E-state index contributed by atoms with van der Waals surface area (Å²) in [5.74, 6) is 0. The van der Waals surface area contributed by atoms with Gasteiger partial charge in [0.05, 0.1) is 8.07 Å². The van der Waals surface area contributed by atoms with Crippen molar-refractivity contribution in [1.29, 1.82) is 0 Å². The normalized spacial score (nSPS) is 11.6. The summed E-state index contributed by atoms with van der Waals surface area (Å²) in [5.41, 5.74) is 0. The van der Waals surface area contributed by atoms with Gasteiger partial charge in [-0.05, 0) is 6.04 Å². The Kier molecular flexibility index (Phi) is 3.73. The molecule has 0 nitrogen and oxygen atoms in total. The lowest BCUT2D eigenvalue weighted by Gasteiger charge is -2.22. The summed E-state index contributed by atoms with van der Waals surface area (Å²) < 4.78 is 0. The summed E-state index contributed by atoms with van der Waals surface area (Å²) in [6.07, 6.45) is 2.53. The van der Waals surface area contributed by atoms with Crippen LogP contribution in [-0.2, 0) is 0 Å². The molecule has 0 amide bonds. The highest BCUT2D eigenvalue weighted by atomic mass is 28.3. The van der Waals surface area contributed by atoms with Crippen LogP contribution < -0.4 is 5.19 Å². The van der Waals surface area contributed by atoms with E-state index in [1.807, 2.05) is 0 Å². The molecule has 13 heavy (non-hydrogen) atoms. The third-order valence-electron chi connectivity index (χ3n) is 2.46. The molecule has 1 aromatic rings. The van der Waals surface area contributed by atoms with E-state index in [2.05, 4.69) is 56.4 Å². The first-order valence-corrected chi connectivity index (χ1v) is 8.14. The second-order valence-corrected chi connectivity index (χ2v) is 8.51. The van der Waals surface area contributed by atoms with Crippen LogP contribution >= 0.6 is 0 Å². The topological polar surface area (TPSA) is 0 Å². The van der Waals surface area contributed by atoms with Crippen molar-refractivity contribution in [2.75, 3.05) is 0 Å². The minimum absolute atomic E-state index is 1.23. The van der Waals surface area contributed by atoms with Gasteiger partial charge in [0, 0.05) is 0 Å². The highest BCUT2D eigenvalue weighted by molar-refractivity contribution is 6.92. The highest BCUT2D eigenvalue weighted by Crippen LogP contribution is 2.10. The van der Waals surface area contributed by atoms with Gasteiger partial charge in [-0.1, -0.05) is 68.4 Å². The maximum Gasteiger partial charge on any atom is 0.0836 e. The van der Waals surface area contributed by atoms with E-state index in [0.717, 1.165) is 0 Å². The van der Waals surface area contributed by atoms with Gasteiger partial charge in [0.15, 0.2) is 0 Å². The molecule has 0 atom stereocenters. The SMILES string of the molecule is CCC[CH][Si](C)(C)c1ccccc1. The van der Waals surface area contributed by atoms with Crippen molar-refractivity contribution in [3.05, 3.63) is 36.4 Å². The minimum Gasteiger partial charge on any atom is -0.0654 e. The van der Waals surface area contributed by atoms with Gasteiger partial charge >= 0.3 is 0 Å². The first kappa shape index (κ1) is 10.5. The predicted octanol–water partition coefficient (Wildman–Crippen LogP) is 3.15. The molecule has 0 bridgehead atoms. The molecule has 0 aliphatic heterocycles. The van der Waals surface area contributed by atoms with E-state index in [4.69, 9.17) is 0 Å². The maximum absolute atomic E-state index is 2.54. The third kappa shape index (κ3) is 3.00. The molecule has 1 aromatic carbocycles. The maximum atomic E-state index is 2.54. The molecular weight excluding hydrogens is 172 g/mol. The summed E-state index contributed by atoms with van der Waals surface area (Å²) in [5, 5.41) is 1.54. The van der Waals surface area contributed by atoms with Crippen LogP contribution in [0.1, 0.15) is 19.8 Å². The van der Waals surface area contributed by atoms with Crippen LogP contribution in [0.25, 0.3) is 0 Å². The molecule has 1 rings (SSSR count). The zero-order chi connectivity index (χ0) is 9.73. The van der Waals surface area contributed by atoms with E-state index in [1.54, 1.807) is 5.19 Å². The summed E-state index contributed by atoms with van der Waals surface area (Å²) in [4.78, 5) is 0. The molecule has 0 N–H and O–H groups in total. The molecule has 0 aromatic heterocycles. The Balaban J connectivity index is 2.69. The Hall–Kier alpha value is -0.563. The monoisotopic (exact) mass is 191 g/mol. The van der Waals surface area contributed by atoms with E-state index in [9.17, 15) is 0 Å². The molecule has 0 fully saturated rings. The first-order chi connectivity index (χ1) is 6.17. The van der Waals surface area contributed by atoms with Crippen LogP contribution in [0.2, 0.25) is 13.1 Å². The molecule has 0 unspecified atom stereocenters. The minimum atomic E-state index is -1.23. The predicted molar refractivity (Wildman–Crippen MR) is 62.8 cm³/mol. The van der Waals surface area contributed by atoms with Crippen molar-refractivity contribution in [1.82, 2.24) is 0 Å². The molecule has 71 valence electrons. The lowest BCUT2D eigenvalue weighted by Crippen LogP contribution is -2.42. The lowest BCUT2D eigenvalue weighted by molar-refractivity contribution is 0.933. The highest BCUT2D eigenvalue weighted by Gasteiger charge is 2.21. The molecule has 1 radical (unpaired) electrons. The van der Waals surface area contributed by atoms with Gasteiger partial charge in [-0.3, -0.25) is 0 Å². The number of rotatable bonds is 4. The van der Waals surface area contributed by atoms with Crippen LogP contribution in [-0.4, -0.2) is 8.07 Å². The van der Waals surface area contributed by atoms with E-state index < -0.39 is 8.07 Å². The smallest absolute Gasteiger partial charge is 0.0654 e. The van der Waals surface area contributed by atoms with E-state index in [1.165, 1.54) is 12.8 Å². The van der Waals surface area contributed by atoms with Crippen molar-refractivity contribution in [3.8, 4) is 0 Å². The van der Waals surface area contributed by atoms with Crippen molar-refractivity contribution in [2.24, 2.45) is 0 Å². The summed E-state index contributed by atoms with van der Waals surface area (Å²) in [7, 11) is -1.23. The Morgan fingerprint density at radius 3 is 2.31 bits per heavy atom. The lowest BCUT2D eigenvalue weighted by atomic mass is 10.4. The van der Waals surface area contributed by atoms with Gasteiger partial charge < -0.3 is 0 Å². The average molecular weight is 191 g/mol. The van der Waals surface area contributed by atoms with Crippen molar-refractivity contribution in [2.45, 2.75) is 32.9 Å². The number of unbranched alkanes of at least 4 members (excludes halogenated alkanes) is 1. The largest absolute Gasteiger partial charge is 0.0836 e. The standard InChI is InChI=1S/C12H19Si/c1-4-5-11-13(2,3)12-9-7-6-8-10-12/h6-11H,4-5H2,1-3H3. The van der Waals surface area contributed by atoms with Crippen molar-refractivity contribution in [3.63, 3.8) is 0 Å². The fraction of sp³-hybridized carbons (Fsp3) is 0.417.